The number of hydrogen-bond acceptors (Lipinski definition) is 13. The number of carbonyl (C=O) groups is 4. The molecule has 2 heterocycles. The van der Waals surface area contributed by atoms with Crippen LogP contribution in [0.3, 0.4) is 0 Å². The third kappa shape index (κ3) is 11.9. The van der Waals surface area contributed by atoms with E-state index < -0.39 is 48.0 Å². The Balaban J connectivity index is 0.000000383. The second-order valence-corrected chi connectivity index (χ2v) is 10.8. The number of hydrogen-bond donors (Lipinski definition) is 3. The largest absolute Gasteiger partial charge is 0.550 e. The summed E-state index contributed by atoms with van der Waals surface area (Å²) in [7, 11) is 1.51. The molecule has 14 heteroatoms. The number of nitrogens with one attached hydrogen (secondary N) is 1. The molecular weight excluding hydrogens is 560 g/mol. The first kappa shape index (κ1) is 33.7. The highest BCUT2D eigenvalue weighted by molar-refractivity contribution is 7.99. The summed E-state index contributed by atoms with van der Waals surface area (Å²) in [6.07, 6.45) is 0.572. The summed E-state index contributed by atoms with van der Waals surface area (Å²) in [4.78, 5) is 44.0. The maximum Gasteiger partial charge on any atom is 0.412 e. The molecule has 2 fully saturated rings. The van der Waals surface area contributed by atoms with Crippen molar-refractivity contribution in [3.63, 3.8) is 0 Å². The van der Waals surface area contributed by atoms with Crippen molar-refractivity contribution in [2.45, 2.75) is 56.3 Å². The number of carbonyl (C=O) groups excluding carboxylic acids is 4. The zero-order valence-electron chi connectivity index (χ0n) is 22.6. The van der Waals surface area contributed by atoms with Crippen LogP contribution in [0.4, 0.5) is 4.79 Å². The van der Waals surface area contributed by atoms with E-state index in [2.05, 4.69) is 22.1 Å². The van der Waals surface area contributed by atoms with E-state index in [1.54, 1.807) is 6.07 Å². The maximum absolute atomic E-state index is 11.6. The van der Waals surface area contributed by atoms with E-state index in [1.807, 2.05) is 23.9 Å². The molecule has 226 valence electrons. The van der Waals surface area contributed by atoms with Crippen LogP contribution in [0.1, 0.15) is 44.1 Å². The van der Waals surface area contributed by atoms with Gasteiger partial charge in [0.2, 0.25) is 0 Å². The fraction of sp³-hybridized carbons (Fsp3) is 0.556. The fourth-order valence-electron chi connectivity index (χ4n) is 4.03. The molecule has 1 amide bonds. The van der Waals surface area contributed by atoms with E-state index in [9.17, 15) is 39.6 Å². The van der Waals surface area contributed by atoms with Crippen molar-refractivity contribution in [3.8, 4) is 23.3 Å². The van der Waals surface area contributed by atoms with Crippen molar-refractivity contribution in [1.29, 1.82) is 0 Å². The van der Waals surface area contributed by atoms with Crippen molar-refractivity contribution in [1.82, 2.24) is 10.2 Å². The normalized spacial score (nSPS) is 16.3. The topological polar surface area (TPSA) is 212 Å². The molecule has 1 aromatic carbocycles. The first-order valence-electron chi connectivity index (χ1n) is 12.9. The smallest absolute Gasteiger partial charge is 0.412 e. The lowest BCUT2D eigenvalue weighted by Gasteiger charge is -2.29. The summed E-state index contributed by atoms with van der Waals surface area (Å²) < 4.78 is 11.1. The van der Waals surface area contributed by atoms with Gasteiger partial charge in [0.15, 0.2) is 11.5 Å². The molecule has 1 aromatic rings. The highest BCUT2D eigenvalue weighted by atomic mass is 32.2. The minimum absolute atomic E-state index is 0.132. The van der Waals surface area contributed by atoms with Gasteiger partial charge in [-0.3, -0.25) is 4.90 Å². The van der Waals surface area contributed by atoms with E-state index in [0.29, 0.717) is 24.3 Å². The Kier molecular flexibility index (Phi) is 13.2. The lowest BCUT2D eigenvalue weighted by Crippen LogP contribution is -2.54. The van der Waals surface area contributed by atoms with Gasteiger partial charge in [-0.15, -0.1) is 0 Å². The van der Waals surface area contributed by atoms with Gasteiger partial charge in [-0.2, -0.15) is 11.8 Å². The molecule has 2 saturated heterocycles. The van der Waals surface area contributed by atoms with E-state index >= 15 is 0 Å². The van der Waals surface area contributed by atoms with Crippen molar-refractivity contribution in [3.05, 3.63) is 23.8 Å². The number of aliphatic hydroxyl groups is 2. The standard InChI is InChI=1S/C21H28N2O4S.C6H8O7/c1-22-20(24)27-18-6-5-17(16-23-10-2-3-11-23)15-19(18)26-12-4-7-21(25)8-13-28-14-9-21;7-3(8)1-6(13,5(11)12)2-4(9)10/h5-6,15,25H,2-3,8-14,16H2,1H3,(H,22,24);13H,1-2H2,(H,7,8)(H,9,10)(H,11,12)/p-3. The molecule has 13 nitrogen and oxygen atoms in total. The zero-order valence-corrected chi connectivity index (χ0v) is 23.5. The number of rotatable bonds is 10. The summed E-state index contributed by atoms with van der Waals surface area (Å²) >= 11 is 1.84. The van der Waals surface area contributed by atoms with E-state index in [4.69, 9.17) is 14.6 Å². The Bertz CT molecular complexity index is 1120. The van der Waals surface area contributed by atoms with Crippen molar-refractivity contribution >= 4 is 35.8 Å². The molecule has 0 spiro atoms. The summed E-state index contributed by atoms with van der Waals surface area (Å²) in [5.41, 5.74) is -2.78. The van der Waals surface area contributed by atoms with Crippen LogP contribution in [0, 0.1) is 11.8 Å². The predicted molar refractivity (Wildman–Crippen MR) is 140 cm³/mol. The third-order valence-electron chi connectivity index (χ3n) is 6.21. The van der Waals surface area contributed by atoms with Gasteiger partial charge >= 0.3 is 6.09 Å². The lowest BCUT2D eigenvalue weighted by atomic mass is 9.96. The number of carboxylic acid groups (broad SMARTS) is 3. The minimum atomic E-state index is -2.97. The minimum Gasteiger partial charge on any atom is -0.550 e. The molecule has 0 saturated carbocycles. The van der Waals surface area contributed by atoms with Crippen molar-refractivity contribution in [2.24, 2.45) is 0 Å². The number of likely N-dealkylation sites (tertiary alicyclic amines) is 1. The first-order chi connectivity index (χ1) is 19.4. The molecule has 0 atom stereocenters. The van der Waals surface area contributed by atoms with Gasteiger partial charge in [-0.1, -0.05) is 17.9 Å². The highest BCUT2D eigenvalue weighted by Gasteiger charge is 2.29. The van der Waals surface area contributed by atoms with Crippen LogP contribution in [0.5, 0.6) is 11.5 Å². The average molecular weight is 594 g/mol. The Morgan fingerprint density at radius 3 is 2.22 bits per heavy atom. The number of ether oxygens (including phenoxy) is 2. The van der Waals surface area contributed by atoms with Crippen LogP contribution in [0.25, 0.3) is 0 Å². The van der Waals surface area contributed by atoms with Crippen molar-refractivity contribution in [2.75, 3.05) is 38.2 Å². The van der Waals surface area contributed by atoms with Crippen molar-refractivity contribution < 1.29 is 54.2 Å². The highest BCUT2D eigenvalue weighted by Crippen LogP contribution is 2.30. The van der Waals surface area contributed by atoms with Gasteiger partial charge in [-0.25, -0.2) is 4.79 Å². The SMILES string of the molecule is CNC(=O)Oc1ccc(CN2CCCC2)cc1OCC#CC1(O)CCSCC1.O=C([O-])CC(O)(CC(=O)[O-])C(=O)[O-]. The van der Waals surface area contributed by atoms with Gasteiger partial charge in [0, 0.05) is 38.4 Å². The molecule has 0 unspecified atom stereocenters. The molecule has 0 radical (unpaired) electrons. The van der Waals surface area contributed by atoms with Gasteiger partial charge in [0.25, 0.3) is 0 Å². The number of amides is 1. The Hall–Kier alpha value is -3.51. The van der Waals surface area contributed by atoms with E-state index in [0.717, 1.165) is 36.7 Å². The van der Waals surface area contributed by atoms with Gasteiger partial charge < -0.3 is 54.7 Å². The molecular formula is C27H33N2O11S-3. The lowest BCUT2D eigenvalue weighted by molar-refractivity contribution is -0.339. The maximum atomic E-state index is 11.6. The molecule has 2 aliphatic heterocycles. The number of thioether (sulfide) groups is 1. The Morgan fingerprint density at radius 2 is 1.68 bits per heavy atom. The predicted octanol–water partition coefficient (Wildman–Crippen LogP) is -2.61. The van der Waals surface area contributed by atoms with Crippen LogP contribution in [0.2, 0.25) is 0 Å². The molecule has 2 aliphatic rings. The average Bonchev–Trinajstić information content (AvgIpc) is 3.40. The summed E-state index contributed by atoms with van der Waals surface area (Å²) in [6, 6.07) is 5.62. The summed E-state index contributed by atoms with van der Waals surface area (Å²) in [5.74, 6) is 2.60. The number of carboxylic acids is 3. The monoisotopic (exact) mass is 593 g/mol. The quantitative estimate of drug-likeness (QED) is 0.238. The first-order valence-corrected chi connectivity index (χ1v) is 14.0. The second kappa shape index (κ2) is 16.1. The van der Waals surface area contributed by atoms with Gasteiger partial charge in [-0.05, 0) is 68.0 Å². The van der Waals surface area contributed by atoms with Crippen LogP contribution in [-0.2, 0) is 20.9 Å². The molecule has 3 rings (SSSR count). The zero-order chi connectivity index (χ0) is 30.5. The fourth-order valence-corrected chi connectivity index (χ4v) is 5.20. The molecule has 3 N–H and O–H groups in total. The number of benzene rings is 1. The molecule has 0 bridgehead atoms. The Morgan fingerprint density at radius 1 is 1.07 bits per heavy atom. The molecule has 0 aromatic heterocycles. The number of aliphatic carboxylic acids is 3. The van der Waals surface area contributed by atoms with Crippen LogP contribution in [0.15, 0.2) is 18.2 Å². The van der Waals surface area contributed by atoms with Crippen LogP contribution >= 0.6 is 11.8 Å². The van der Waals surface area contributed by atoms with Gasteiger partial charge in [0.1, 0.15) is 17.8 Å². The van der Waals surface area contributed by atoms with E-state index in [1.165, 1.54) is 19.9 Å². The Labute approximate surface area is 241 Å². The third-order valence-corrected chi connectivity index (χ3v) is 7.20. The van der Waals surface area contributed by atoms with Crippen LogP contribution < -0.4 is 30.1 Å². The van der Waals surface area contributed by atoms with Crippen LogP contribution in [-0.4, -0.2) is 88.6 Å². The van der Waals surface area contributed by atoms with E-state index in [-0.39, 0.29) is 6.61 Å². The summed E-state index contributed by atoms with van der Waals surface area (Å²) in [6.45, 7) is 3.19. The van der Waals surface area contributed by atoms with Gasteiger partial charge in [0.05, 0.1) is 5.97 Å². The molecule has 0 aliphatic carbocycles. The summed E-state index contributed by atoms with van der Waals surface area (Å²) in [5, 5.41) is 51.8. The molecule has 41 heavy (non-hydrogen) atoms. The number of nitrogens with zero attached hydrogens (tertiary/aromatic N) is 1. The second-order valence-electron chi connectivity index (χ2n) is 9.55.